The molecule has 0 aliphatic rings. The van der Waals surface area contributed by atoms with Gasteiger partial charge in [-0.15, -0.1) is 0 Å². The van der Waals surface area contributed by atoms with Crippen LogP contribution in [0.4, 0.5) is 22.0 Å². The maximum absolute atomic E-state index is 14.2. The van der Waals surface area contributed by atoms with Gasteiger partial charge >= 0.3 is 0 Å². The van der Waals surface area contributed by atoms with E-state index in [1.807, 2.05) is 19.0 Å². The van der Waals surface area contributed by atoms with Crippen molar-refractivity contribution in [3.05, 3.63) is 99.9 Å². The van der Waals surface area contributed by atoms with Crippen molar-refractivity contribution in [2.75, 3.05) is 27.2 Å². The number of carbonyl (C=O) groups excluding carboxylic acids is 1. The second-order valence-electron chi connectivity index (χ2n) is 9.73. The average Bonchev–Trinajstić information content (AvgIpc) is 2.95. The Bertz CT molecular complexity index is 1570. The monoisotopic (exact) mass is 573 g/mol. The molecular formula is C30H28F5N3O3. The zero-order valence-electron chi connectivity index (χ0n) is 22.8. The zero-order valence-corrected chi connectivity index (χ0v) is 22.8. The Morgan fingerprint density at radius 1 is 0.927 bits per heavy atom. The normalized spacial score (nSPS) is 12.0. The number of nitrogens with zero attached hydrogens (tertiary/aromatic N) is 2. The second-order valence-corrected chi connectivity index (χ2v) is 9.73. The van der Waals surface area contributed by atoms with Gasteiger partial charge in [0.1, 0.15) is 19.0 Å². The third-order valence-electron chi connectivity index (χ3n) is 6.46. The second kappa shape index (κ2) is 12.5. The minimum Gasteiger partial charge on any atom is -0.492 e. The predicted octanol–water partition coefficient (Wildman–Crippen LogP) is 6.25. The van der Waals surface area contributed by atoms with Crippen molar-refractivity contribution in [2.45, 2.75) is 26.5 Å². The van der Waals surface area contributed by atoms with E-state index < -0.39 is 47.3 Å². The molecule has 1 aromatic heterocycles. The summed E-state index contributed by atoms with van der Waals surface area (Å²) in [6, 6.07) is 13.0. The molecule has 3 aromatic carbocycles. The van der Waals surface area contributed by atoms with Crippen LogP contribution in [0.15, 0.2) is 48.5 Å². The van der Waals surface area contributed by atoms with Crippen LogP contribution < -0.4 is 14.8 Å². The van der Waals surface area contributed by atoms with Crippen molar-refractivity contribution in [1.29, 1.82) is 0 Å². The Kier molecular flexibility index (Phi) is 9.07. The van der Waals surface area contributed by atoms with E-state index in [4.69, 9.17) is 9.47 Å². The van der Waals surface area contributed by atoms with Gasteiger partial charge in [0.2, 0.25) is 11.7 Å². The first-order chi connectivity index (χ1) is 19.5. The van der Waals surface area contributed by atoms with Crippen LogP contribution in [0.25, 0.3) is 10.9 Å². The molecule has 0 aliphatic carbocycles. The van der Waals surface area contributed by atoms with E-state index in [1.54, 1.807) is 56.3 Å². The molecule has 0 radical (unpaired) electrons. The number of carbonyl (C=O) groups is 1. The number of fused-ring (bicyclic) bond motifs is 1. The summed E-state index contributed by atoms with van der Waals surface area (Å²) < 4.78 is 80.1. The molecule has 1 heterocycles. The fourth-order valence-electron chi connectivity index (χ4n) is 4.17. The Balaban J connectivity index is 1.59. The number of halogens is 5. The van der Waals surface area contributed by atoms with Crippen LogP contribution in [0.3, 0.4) is 0 Å². The van der Waals surface area contributed by atoms with Gasteiger partial charge in [-0.3, -0.25) is 4.79 Å². The van der Waals surface area contributed by atoms with Crippen LogP contribution in [0.1, 0.15) is 40.0 Å². The van der Waals surface area contributed by atoms with E-state index in [-0.39, 0.29) is 11.8 Å². The van der Waals surface area contributed by atoms with Gasteiger partial charge in [0.25, 0.3) is 5.91 Å². The lowest BCUT2D eigenvalue weighted by Gasteiger charge is -2.19. The molecular weight excluding hydrogens is 545 g/mol. The number of benzene rings is 3. The third-order valence-corrected chi connectivity index (χ3v) is 6.46. The van der Waals surface area contributed by atoms with Crippen LogP contribution in [-0.2, 0) is 6.61 Å². The molecule has 0 bridgehead atoms. The van der Waals surface area contributed by atoms with Gasteiger partial charge in [-0.05, 0) is 57.3 Å². The molecule has 1 atom stereocenters. The Hall–Kier alpha value is -4.25. The standard InChI is InChI=1S/C30H28F5N3O3/c1-16-9-10-18(40-12-11-38(3)4)13-20(16)30(39)36-17(2)21-14-24(37-23-8-6-5-7-19(21)23)41-15-22-25(31)27(33)29(35)28(34)26(22)32/h5-10,13-14,17H,11-12,15H2,1-4H3,(H,36,39)/t17-/m1/s1. The molecule has 0 saturated heterocycles. The maximum Gasteiger partial charge on any atom is 0.252 e. The first kappa shape index (κ1) is 29.7. The van der Waals surface area contributed by atoms with Gasteiger partial charge in [0.15, 0.2) is 23.3 Å². The van der Waals surface area contributed by atoms with Crippen LogP contribution in [0.2, 0.25) is 0 Å². The highest BCUT2D eigenvalue weighted by Gasteiger charge is 2.26. The van der Waals surface area contributed by atoms with Crippen LogP contribution in [0, 0.1) is 36.0 Å². The number of aromatic nitrogens is 1. The van der Waals surface area contributed by atoms with E-state index in [9.17, 15) is 26.7 Å². The summed E-state index contributed by atoms with van der Waals surface area (Å²) in [6.07, 6.45) is 0. The molecule has 6 nitrogen and oxygen atoms in total. The molecule has 0 spiro atoms. The largest absolute Gasteiger partial charge is 0.492 e. The highest BCUT2D eigenvalue weighted by molar-refractivity contribution is 5.96. The lowest BCUT2D eigenvalue weighted by Crippen LogP contribution is -2.27. The summed E-state index contributed by atoms with van der Waals surface area (Å²) in [7, 11) is 3.86. The van der Waals surface area contributed by atoms with E-state index in [2.05, 4.69) is 10.3 Å². The minimum absolute atomic E-state index is 0.129. The Labute approximate surface area is 233 Å². The molecule has 0 aliphatic heterocycles. The molecule has 0 unspecified atom stereocenters. The number of pyridine rings is 1. The molecule has 4 aromatic rings. The highest BCUT2D eigenvalue weighted by Crippen LogP contribution is 2.29. The molecule has 1 amide bonds. The topological polar surface area (TPSA) is 63.7 Å². The first-order valence-electron chi connectivity index (χ1n) is 12.7. The summed E-state index contributed by atoms with van der Waals surface area (Å²) in [4.78, 5) is 19.5. The van der Waals surface area contributed by atoms with E-state index in [1.165, 1.54) is 6.07 Å². The van der Waals surface area contributed by atoms with Crippen molar-refractivity contribution in [3.8, 4) is 11.6 Å². The number of hydrogen-bond acceptors (Lipinski definition) is 5. The summed E-state index contributed by atoms with van der Waals surface area (Å²) in [5.41, 5.74) is 1.03. The molecule has 0 saturated carbocycles. The van der Waals surface area contributed by atoms with Crippen molar-refractivity contribution in [1.82, 2.24) is 15.2 Å². The van der Waals surface area contributed by atoms with Crippen LogP contribution >= 0.6 is 0 Å². The number of hydrogen-bond donors (Lipinski definition) is 1. The van der Waals surface area contributed by atoms with Gasteiger partial charge < -0.3 is 19.7 Å². The number of rotatable bonds is 10. The average molecular weight is 574 g/mol. The number of para-hydroxylation sites is 1. The van der Waals surface area contributed by atoms with E-state index in [0.29, 0.717) is 40.9 Å². The fraction of sp³-hybridized carbons (Fsp3) is 0.267. The first-order valence-corrected chi connectivity index (χ1v) is 12.7. The lowest BCUT2D eigenvalue weighted by molar-refractivity contribution is 0.0939. The molecule has 1 N–H and O–H groups in total. The number of nitrogens with one attached hydrogen (secondary N) is 1. The lowest BCUT2D eigenvalue weighted by atomic mass is 10.0. The Morgan fingerprint density at radius 2 is 1.59 bits per heavy atom. The molecule has 0 fully saturated rings. The van der Waals surface area contributed by atoms with Crippen molar-refractivity contribution in [3.63, 3.8) is 0 Å². The molecule has 216 valence electrons. The summed E-state index contributed by atoms with van der Waals surface area (Å²) in [5, 5.41) is 3.61. The van der Waals surface area contributed by atoms with Gasteiger partial charge in [0.05, 0.1) is 17.1 Å². The fourth-order valence-corrected chi connectivity index (χ4v) is 4.17. The highest BCUT2D eigenvalue weighted by atomic mass is 19.2. The quantitative estimate of drug-likeness (QED) is 0.138. The van der Waals surface area contributed by atoms with Crippen molar-refractivity contribution < 1.29 is 36.2 Å². The summed E-state index contributed by atoms with van der Waals surface area (Å²) in [5.74, 6) is -10.3. The zero-order chi connectivity index (χ0) is 29.8. The van der Waals surface area contributed by atoms with E-state index >= 15 is 0 Å². The summed E-state index contributed by atoms with van der Waals surface area (Å²) >= 11 is 0. The third kappa shape index (κ3) is 6.57. The molecule has 4 rings (SSSR count). The minimum atomic E-state index is -2.25. The van der Waals surface area contributed by atoms with Crippen molar-refractivity contribution in [2.24, 2.45) is 0 Å². The van der Waals surface area contributed by atoms with Crippen LogP contribution in [0.5, 0.6) is 11.6 Å². The molecule has 41 heavy (non-hydrogen) atoms. The van der Waals surface area contributed by atoms with Crippen molar-refractivity contribution >= 4 is 16.8 Å². The summed E-state index contributed by atoms with van der Waals surface area (Å²) in [6.45, 7) is 3.73. The number of likely N-dealkylation sites (N-methyl/N-ethyl adjacent to an activating group) is 1. The smallest absolute Gasteiger partial charge is 0.252 e. The Morgan fingerprint density at radius 3 is 2.27 bits per heavy atom. The van der Waals surface area contributed by atoms with Gasteiger partial charge in [-0.2, -0.15) is 0 Å². The van der Waals surface area contributed by atoms with E-state index in [0.717, 1.165) is 5.56 Å². The number of amides is 1. The SMILES string of the molecule is Cc1ccc(OCCN(C)C)cc1C(=O)N[C@H](C)c1cc(OCc2c(F)c(F)c(F)c(F)c2F)nc2ccccc12. The number of aryl methyl sites for hydroxylation is 1. The van der Waals surface area contributed by atoms with Gasteiger partial charge in [0, 0.05) is 23.6 Å². The van der Waals surface area contributed by atoms with Crippen LogP contribution in [-0.4, -0.2) is 43.0 Å². The predicted molar refractivity (Wildman–Crippen MR) is 143 cm³/mol. The molecule has 11 heteroatoms. The number of ether oxygens (including phenoxy) is 2. The maximum atomic E-state index is 14.2. The van der Waals surface area contributed by atoms with Gasteiger partial charge in [-0.1, -0.05) is 24.3 Å². The van der Waals surface area contributed by atoms with Gasteiger partial charge in [-0.25, -0.2) is 26.9 Å².